The van der Waals surface area contributed by atoms with E-state index in [0.29, 0.717) is 6.54 Å². The molecule has 0 saturated heterocycles. The Hall–Kier alpha value is -3.00. The molecule has 0 atom stereocenters. The Morgan fingerprint density at radius 3 is 1.62 bits per heavy atom. The third-order valence-electron chi connectivity index (χ3n) is 4.04. The van der Waals surface area contributed by atoms with Gasteiger partial charge >= 0.3 is 0 Å². The Balaban J connectivity index is 0.000000431. The topological polar surface area (TPSA) is 109 Å². The largest absolute Gasteiger partial charge is 0.262 e. The van der Waals surface area contributed by atoms with E-state index in [2.05, 4.69) is 66.7 Å². The summed E-state index contributed by atoms with van der Waals surface area (Å²) >= 11 is 0. The maximum Gasteiger partial charge on any atom is 0.262 e. The SMILES string of the molecule is [O-][Cl+3]([O-])([O-])[O-].c1ccc(C[n+]2oc(-c3ccccc3)cc2-c2ccccc2)cc1. The summed E-state index contributed by atoms with van der Waals surface area (Å²) in [7, 11) is -4.94. The van der Waals surface area contributed by atoms with Gasteiger partial charge in [-0.2, -0.15) is 0 Å². The average molecular weight is 412 g/mol. The zero-order chi connectivity index (χ0) is 20.7. The molecule has 0 radical (unpaired) electrons. The summed E-state index contributed by atoms with van der Waals surface area (Å²) in [4.78, 5) is 0. The van der Waals surface area contributed by atoms with Crippen LogP contribution in [0.1, 0.15) is 5.56 Å². The van der Waals surface area contributed by atoms with Crippen LogP contribution in [0.25, 0.3) is 22.6 Å². The molecule has 0 bridgehead atoms. The molecule has 0 N–H and O–H groups in total. The fourth-order valence-electron chi connectivity index (χ4n) is 2.83. The van der Waals surface area contributed by atoms with Crippen molar-refractivity contribution in [2.75, 3.05) is 0 Å². The van der Waals surface area contributed by atoms with Crippen LogP contribution in [0.15, 0.2) is 102 Å². The average Bonchev–Trinajstić information content (AvgIpc) is 3.13. The molecule has 0 aliphatic carbocycles. The lowest BCUT2D eigenvalue weighted by Crippen LogP contribution is -2.68. The molecule has 1 heterocycles. The first-order valence-corrected chi connectivity index (χ1v) is 9.94. The van der Waals surface area contributed by atoms with E-state index in [-0.39, 0.29) is 0 Å². The van der Waals surface area contributed by atoms with Gasteiger partial charge in [0.05, 0.1) is 11.6 Å². The highest BCUT2D eigenvalue weighted by Gasteiger charge is 2.22. The van der Waals surface area contributed by atoms with E-state index >= 15 is 0 Å². The first-order chi connectivity index (χ1) is 13.9. The predicted octanol–water partition coefficient (Wildman–Crippen LogP) is 0.193. The van der Waals surface area contributed by atoms with Crippen LogP contribution in [-0.4, -0.2) is 0 Å². The molecule has 7 heteroatoms. The molecule has 3 aromatic carbocycles. The summed E-state index contributed by atoms with van der Waals surface area (Å²) in [6, 6.07) is 33.1. The van der Waals surface area contributed by atoms with Gasteiger partial charge in [-0.05, 0) is 16.9 Å². The molecule has 1 aromatic heterocycles. The Bertz CT molecular complexity index is 1010. The van der Waals surface area contributed by atoms with E-state index < -0.39 is 10.2 Å². The maximum absolute atomic E-state index is 8.49. The number of rotatable bonds is 4. The van der Waals surface area contributed by atoms with Crippen LogP contribution >= 0.6 is 0 Å². The normalized spacial score (nSPS) is 10.9. The lowest BCUT2D eigenvalue weighted by Gasteiger charge is -2.17. The number of nitrogens with zero attached hydrogens (tertiary/aromatic N) is 1. The molecular weight excluding hydrogens is 394 g/mol. The van der Waals surface area contributed by atoms with Crippen LogP contribution in [0.4, 0.5) is 0 Å². The molecule has 0 unspecified atom stereocenters. The number of halogens is 1. The van der Waals surface area contributed by atoms with E-state index in [9.17, 15) is 0 Å². The van der Waals surface area contributed by atoms with Gasteiger partial charge in [0.1, 0.15) is 0 Å². The van der Waals surface area contributed by atoms with Gasteiger partial charge in [0.25, 0.3) is 5.69 Å². The minimum absolute atomic E-state index is 0.706. The van der Waals surface area contributed by atoms with E-state index in [4.69, 9.17) is 23.2 Å². The van der Waals surface area contributed by atoms with Gasteiger partial charge in [-0.25, -0.2) is 23.2 Å². The maximum atomic E-state index is 8.49. The van der Waals surface area contributed by atoms with Gasteiger partial charge in [0.2, 0.25) is 12.3 Å². The zero-order valence-electron chi connectivity index (χ0n) is 15.3. The Labute approximate surface area is 170 Å². The molecule has 0 aliphatic rings. The van der Waals surface area contributed by atoms with Gasteiger partial charge in [0, 0.05) is 11.1 Å². The van der Waals surface area contributed by atoms with Crippen LogP contribution in [0, 0.1) is 10.2 Å². The summed E-state index contributed by atoms with van der Waals surface area (Å²) in [5, 5.41) is 0. The van der Waals surface area contributed by atoms with Crippen molar-refractivity contribution in [2.45, 2.75) is 6.54 Å². The molecule has 4 rings (SSSR count). The number of hydrogen-bond acceptors (Lipinski definition) is 5. The molecule has 6 nitrogen and oxygen atoms in total. The fraction of sp³-hybridized carbons (Fsp3) is 0.0455. The monoisotopic (exact) mass is 411 g/mol. The van der Waals surface area contributed by atoms with Crippen molar-refractivity contribution in [3.63, 3.8) is 0 Å². The molecule has 0 aliphatic heterocycles. The van der Waals surface area contributed by atoms with E-state index in [1.54, 1.807) is 0 Å². The lowest BCUT2D eigenvalue weighted by molar-refractivity contribution is -2.00. The van der Waals surface area contributed by atoms with Crippen molar-refractivity contribution in [3.8, 4) is 22.6 Å². The predicted molar refractivity (Wildman–Crippen MR) is 95.3 cm³/mol. The summed E-state index contributed by atoms with van der Waals surface area (Å²) in [5.74, 6) is 0.880. The number of benzene rings is 3. The molecule has 29 heavy (non-hydrogen) atoms. The second-order valence-corrected chi connectivity index (χ2v) is 6.87. The minimum atomic E-state index is -4.94. The van der Waals surface area contributed by atoms with Gasteiger partial charge in [-0.1, -0.05) is 78.9 Å². The van der Waals surface area contributed by atoms with Crippen LogP contribution in [0.2, 0.25) is 0 Å². The van der Waals surface area contributed by atoms with Gasteiger partial charge < -0.3 is 0 Å². The standard InChI is InChI=1S/C22H18NO.ClHO4/c1-4-10-18(11-5-1)17-23-21(19-12-6-2-7-13-19)16-22(24-23)20-14-8-3-9-15-20;2-1(3,4)5/h1-16H,17H2;(H,2,3,4,5)/q+1;/p-1. The minimum Gasteiger partial charge on any atom is -0.235 e. The quantitative estimate of drug-likeness (QED) is 0.445. The second kappa shape index (κ2) is 9.47. The third-order valence-corrected chi connectivity index (χ3v) is 4.04. The molecule has 0 saturated carbocycles. The summed E-state index contributed by atoms with van der Waals surface area (Å²) < 4.78 is 42.1. The van der Waals surface area contributed by atoms with Crippen LogP contribution in [0.5, 0.6) is 0 Å². The fourth-order valence-corrected chi connectivity index (χ4v) is 2.83. The third kappa shape index (κ3) is 6.53. The van der Waals surface area contributed by atoms with Crippen molar-refractivity contribution in [3.05, 3.63) is 103 Å². The van der Waals surface area contributed by atoms with Gasteiger partial charge in [-0.15, -0.1) is 10.2 Å². The summed E-state index contributed by atoms with van der Waals surface area (Å²) in [6.07, 6.45) is 0. The van der Waals surface area contributed by atoms with Crippen LogP contribution in [-0.2, 0) is 6.54 Å². The highest BCUT2D eigenvalue weighted by atomic mass is 35.7. The second-order valence-electron chi connectivity index (χ2n) is 6.12. The molecule has 4 aromatic rings. The molecule has 148 valence electrons. The van der Waals surface area contributed by atoms with Crippen molar-refractivity contribution >= 4 is 0 Å². The van der Waals surface area contributed by atoms with Crippen molar-refractivity contribution in [1.82, 2.24) is 0 Å². The highest BCUT2D eigenvalue weighted by Crippen LogP contribution is 2.25. The molecule has 0 spiro atoms. The van der Waals surface area contributed by atoms with E-state index in [1.165, 1.54) is 5.56 Å². The lowest BCUT2D eigenvalue weighted by atomic mass is 10.1. The number of hydrogen-bond donors (Lipinski definition) is 0. The van der Waals surface area contributed by atoms with Crippen molar-refractivity contribution in [2.24, 2.45) is 0 Å². The van der Waals surface area contributed by atoms with Gasteiger partial charge in [0.15, 0.2) is 0 Å². The van der Waals surface area contributed by atoms with Gasteiger partial charge in [-0.3, -0.25) is 0 Å². The van der Waals surface area contributed by atoms with Crippen molar-refractivity contribution in [1.29, 1.82) is 0 Å². The van der Waals surface area contributed by atoms with Crippen LogP contribution in [0.3, 0.4) is 0 Å². The summed E-state index contributed by atoms with van der Waals surface area (Å²) in [6.45, 7) is 0.706. The Morgan fingerprint density at radius 2 is 1.10 bits per heavy atom. The van der Waals surface area contributed by atoms with Crippen molar-refractivity contribution < 1.29 is 38.1 Å². The first kappa shape index (κ1) is 20.7. The number of aromatic nitrogens is 1. The molecule has 0 fully saturated rings. The zero-order valence-corrected chi connectivity index (χ0v) is 16.1. The Morgan fingerprint density at radius 1 is 0.655 bits per heavy atom. The summed E-state index contributed by atoms with van der Waals surface area (Å²) in [5.41, 5.74) is 4.54. The smallest absolute Gasteiger partial charge is 0.235 e. The van der Waals surface area contributed by atoms with Crippen LogP contribution < -0.4 is 23.4 Å². The first-order valence-electron chi connectivity index (χ1n) is 8.71. The Kier molecular flexibility index (Phi) is 6.77. The molecular formula is C22H18ClNO5. The van der Waals surface area contributed by atoms with E-state index in [1.807, 2.05) is 35.1 Å². The van der Waals surface area contributed by atoms with E-state index in [0.717, 1.165) is 22.6 Å². The molecule has 0 amide bonds. The highest BCUT2D eigenvalue weighted by molar-refractivity contribution is 5.64.